The number of aryl methyl sites for hydroxylation is 1. The van der Waals surface area contributed by atoms with Gasteiger partial charge in [0.05, 0.1) is 0 Å². The summed E-state index contributed by atoms with van der Waals surface area (Å²) in [5, 5.41) is 9.69. The lowest BCUT2D eigenvalue weighted by molar-refractivity contribution is 0.444. The minimum Gasteiger partial charge on any atom is -0.507 e. The van der Waals surface area contributed by atoms with E-state index in [0.29, 0.717) is 24.1 Å². The lowest BCUT2D eigenvalue weighted by atomic mass is 9.94. The van der Waals surface area contributed by atoms with Crippen LogP contribution >= 0.6 is 0 Å². The van der Waals surface area contributed by atoms with Gasteiger partial charge in [-0.05, 0) is 37.4 Å². The maximum Gasteiger partial charge on any atom is 0.130 e. The summed E-state index contributed by atoms with van der Waals surface area (Å²) >= 11 is 0. The average Bonchev–Trinajstić information content (AvgIpc) is 2.13. The van der Waals surface area contributed by atoms with Gasteiger partial charge in [0.25, 0.3) is 0 Å². The first-order chi connectivity index (χ1) is 6.57. The molecule has 1 aromatic rings. The summed E-state index contributed by atoms with van der Waals surface area (Å²) < 4.78 is 13.4. The standard InChI is InChI=1S/C11H16FNO/c1-7(5-6-13)10-9(12)4-3-8(2)11(10)14/h3-4,7,14H,5-6,13H2,1-2H3. The van der Waals surface area contributed by atoms with Crippen LogP contribution in [0.15, 0.2) is 12.1 Å². The summed E-state index contributed by atoms with van der Waals surface area (Å²) in [6.45, 7) is 4.12. The van der Waals surface area contributed by atoms with Crippen LogP contribution in [0.25, 0.3) is 0 Å². The third-order valence-corrected chi connectivity index (χ3v) is 2.46. The Morgan fingerprint density at radius 2 is 2.14 bits per heavy atom. The summed E-state index contributed by atoms with van der Waals surface area (Å²) in [5.74, 6) is -0.333. The van der Waals surface area contributed by atoms with E-state index in [1.807, 2.05) is 6.92 Å². The second kappa shape index (κ2) is 4.42. The highest BCUT2D eigenvalue weighted by Crippen LogP contribution is 2.32. The topological polar surface area (TPSA) is 46.2 Å². The zero-order valence-corrected chi connectivity index (χ0v) is 8.55. The van der Waals surface area contributed by atoms with E-state index >= 15 is 0 Å². The van der Waals surface area contributed by atoms with Crippen molar-refractivity contribution in [1.29, 1.82) is 0 Å². The van der Waals surface area contributed by atoms with Crippen molar-refractivity contribution in [2.75, 3.05) is 6.54 Å². The molecule has 1 unspecified atom stereocenters. The molecule has 0 aliphatic carbocycles. The van der Waals surface area contributed by atoms with Gasteiger partial charge in [-0.25, -0.2) is 4.39 Å². The van der Waals surface area contributed by atoms with E-state index in [9.17, 15) is 9.50 Å². The lowest BCUT2D eigenvalue weighted by Crippen LogP contribution is -2.06. The van der Waals surface area contributed by atoms with Gasteiger partial charge in [-0.15, -0.1) is 0 Å². The molecule has 0 aliphatic rings. The monoisotopic (exact) mass is 197 g/mol. The number of aromatic hydroxyl groups is 1. The van der Waals surface area contributed by atoms with Crippen LogP contribution < -0.4 is 5.73 Å². The molecule has 0 fully saturated rings. The summed E-state index contributed by atoms with van der Waals surface area (Å²) in [6, 6.07) is 2.96. The highest BCUT2D eigenvalue weighted by Gasteiger charge is 2.16. The van der Waals surface area contributed by atoms with E-state index in [4.69, 9.17) is 5.73 Å². The molecule has 0 heterocycles. The fraction of sp³-hybridized carbons (Fsp3) is 0.455. The zero-order valence-electron chi connectivity index (χ0n) is 8.55. The van der Waals surface area contributed by atoms with Gasteiger partial charge >= 0.3 is 0 Å². The van der Waals surface area contributed by atoms with Crippen LogP contribution in [0.2, 0.25) is 0 Å². The van der Waals surface area contributed by atoms with Gasteiger partial charge in [-0.3, -0.25) is 0 Å². The van der Waals surface area contributed by atoms with Crippen molar-refractivity contribution < 1.29 is 9.50 Å². The predicted molar refractivity (Wildman–Crippen MR) is 54.9 cm³/mol. The molecule has 0 aliphatic heterocycles. The Labute approximate surface area is 83.6 Å². The molecule has 2 nitrogen and oxygen atoms in total. The molecule has 14 heavy (non-hydrogen) atoms. The van der Waals surface area contributed by atoms with Crippen molar-refractivity contribution in [1.82, 2.24) is 0 Å². The molecule has 1 atom stereocenters. The molecule has 3 N–H and O–H groups in total. The molecule has 0 bridgehead atoms. The predicted octanol–water partition coefficient (Wildman–Crippen LogP) is 2.29. The van der Waals surface area contributed by atoms with Gasteiger partial charge in [0.2, 0.25) is 0 Å². The first-order valence-corrected chi connectivity index (χ1v) is 4.76. The van der Waals surface area contributed by atoms with Crippen molar-refractivity contribution in [3.05, 3.63) is 29.1 Å². The third kappa shape index (κ3) is 2.04. The molecule has 0 spiro atoms. The van der Waals surface area contributed by atoms with Crippen LogP contribution in [0.5, 0.6) is 5.75 Å². The van der Waals surface area contributed by atoms with Crippen molar-refractivity contribution in [2.45, 2.75) is 26.2 Å². The van der Waals surface area contributed by atoms with E-state index in [1.54, 1.807) is 13.0 Å². The number of benzene rings is 1. The van der Waals surface area contributed by atoms with Crippen LogP contribution in [0.3, 0.4) is 0 Å². The molecule has 0 aromatic heterocycles. The number of hydrogen-bond donors (Lipinski definition) is 2. The summed E-state index contributed by atoms with van der Waals surface area (Å²) in [6.07, 6.45) is 0.675. The largest absolute Gasteiger partial charge is 0.507 e. The molecule has 3 heteroatoms. The summed E-state index contributed by atoms with van der Waals surface area (Å²) in [5.41, 5.74) is 6.48. The van der Waals surface area contributed by atoms with E-state index in [-0.39, 0.29) is 17.5 Å². The number of phenolic OH excluding ortho intramolecular Hbond substituents is 1. The highest BCUT2D eigenvalue weighted by molar-refractivity contribution is 5.42. The summed E-state index contributed by atoms with van der Waals surface area (Å²) in [4.78, 5) is 0. The van der Waals surface area contributed by atoms with Gasteiger partial charge in [0.15, 0.2) is 0 Å². The Morgan fingerprint density at radius 3 is 2.71 bits per heavy atom. The number of halogens is 1. The maximum absolute atomic E-state index is 13.4. The molecule has 0 radical (unpaired) electrons. The third-order valence-electron chi connectivity index (χ3n) is 2.46. The minimum absolute atomic E-state index is 0.0418. The van der Waals surface area contributed by atoms with Gasteiger partial charge < -0.3 is 10.8 Å². The Balaban J connectivity index is 3.11. The SMILES string of the molecule is Cc1ccc(F)c(C(C)CCN)c1O. The van der Waals surface area contributed by atoms with Gasteiger partial charge in [-0.1, -0.05) is 13.0 Å². The first-order valence-electron chi connectivity index (χ1n) is 4.76. The molecule has 1 aromatic carbocycles. The minimum atomic E-state index is -0.353. The maximum atomic E-state index is 13.4. The second-order valence-electron chi connectivity index (χ2n) is 3.60. The van der Waals surface area contributed by atoms with E-state index < -0.39 is 0 Å². The number of rotatable bonds is 3. The molecular formula is C11H16FNO. The number of hydrogen-bond acceptors (Lipinski definition) is 2. The van der Waals surface area contributed by atoms with E-state index in [2.05, 4.69) is 0 Å². The smallest absolute Gasteiger partial charge is 0.130 e. The van der Waals surface area contributed by atoms with Gasteiger partial charge in [0, 0.05) is 5.56 Å². The normalized spacial score (nSPS) is 12.9. The van der Waals surface area contributed by atoms with Crippen molar-refractivity contribution >= 4 is 0 Å². The second-order valence-corrected chi connectivity index (χ2v) is 3.60. The van der Waals surface area contributed by atoms with Crippen molar-refractivity contribution in [3.8, 4) is 5.75 Å². The van der Waals surface area contributed by atoms with Crippen LogP contribution in [-0.2, 0) is 0 Å². The van der Waals surface area contributed by atoms with Crippen LogP contribution in [0, 0.1) is 12.7 Å². The fourth-order valence-corrected chi connectivity index (χ4v) is 1.56. The Hall–Kier alpha value is -1.09. The quantitative estimate of drug-likeness (QED) is 0.781. The average molecular weight is 197 g/mol. The Morgan fingerprint density at radius 1 is 1.50 bits per heavy atom. The van der Waals surface area contributed by atoms with Crippen molar-refractivity contribution in [3.63, 3.8) is 0 Å². The molecular weight excluding hydrogens is 181 g/mol. The number of nitrogens with two attached hydrogens (primary N) is 1. The fourth-order valence-electron chi connectivity index (χ4n) is 1.56. The van der Waals surface area contributed by atoms with Gasteiger partial charge in [-0.2, -0.15) is 0 Å². The molecule has 0 amide bonds. The van der Waals surface area contributed by atoms with Crippen LogP contribution in [0.1, 0.15) is 30.4 Å². The zero-order chi connectivity index (χ0) is 10.7. The van der Waals surface area contributed by atoms with E-state index in [1.165, 1.54) is 6.07 Å². The van der Waals surface area contributed by atoms with Crippen molar-refractivity contribution in [2.24, 2.45) is 5.73 Å². The summed E-state index contributed by atoms with van der Waals surface area (Å²) in [7, 11) is 0. The molecule has 0 saturated carbocycles. The van der Waals surface area contributed by atoms with E-state index in [0.717, 1.165) is 0 Å². The molecule has 78 valence electrons. The highest BCUT2D eigenvalue weighted by atomic mass is 19.1. The number of phenols is 1. The van der Waals surface area contributed by atoms with Crippen LogP contribution in [-0.4, -0.2) is 11.7 Å². The Kier molecular flexibility index (Phi) is 3.47. The van der Waals surface area contributed by atoms with Crippen LogP contribution in [0.4, 0.5) is 4.39 Å². The molecule has 1 rings (SSSR count). The first kappa shape index (κ1) is 11.0. The Bertz CT molecular complexity index is 325. The lowest BCUT2D eigenvalue weighted by Gasteiger charge is -2.14. The van der Waals surface area contributed by atoms with Gasteiger partial charge in [0.1, 0.15) is 11.6 Å². The molecule has 0 saturated heterocycles.